The Balaban J connectivity index is 2.35. The molecule has 0 bridgehead atoms. The number of rotatable bonds is 1. The lowest BCUT2D eigenvalue weighted by atomic mass is 10.1. The largest absolute Gasteiger partial charge is 0.336 e. The first-order chi connectivity index (χ1) is 6.61. The highest BCUT2D eigenvalue weighted by Crippen LogP contribution is 2.29. The summed E-state index contributed by atoms with van der Waals surface area (Å²) in [5.74, 6) is 0.101. The quantitative estimate of drug-likeness (QED) is 0.664. The Morgan fingerprint density at radius 2 is 2.29 bits per heavy atom. The molecule has 0 spiro atoms. The number of carbonyl (C=O) groups excluding carboxylic acids is 1. The third-order valence-electron chi connectivity index (χ3n) is 2.79. The molecule has 2 heterocycles. The van der Waals surface area contributed by atoms with Gasteiger partial charge in [-0.2, -0.15) is 5.10 Å². The minimum absolute atomic E-state index is 0.0324. The molecule has 14 heavy (non-hydrogen) atoms. The van der Waals surface area contributed by atoms with Gasteiger partial charge in [0.05, 0.1) is 11.7 Å². The highest BCUT2D eigenvalue weighted by molar-refractivity contribution is 5.79. The second-order valence-corrected chi connectivity index (χ2v) is 3.70. The fourth-order valence-electron chi connectivity index (χ4n) is 1.99. The van der Waals surface area contributed by atoms with Crippen LogP contribution in [0.5, 0.6) is 0 Å². The third-order valence-corrected chi connectivity index (χ3v) is 2.79. The topological polar surface area (TPSA) is 64.2 Å². The standard InChI is InChI=1S/C9H14N4O/c1-12-8(14)5-6(10)9(12)7-3-4-11-13(7)2/h3-4,6,9H,5,10H2,1-2H3. The molecule has 2 rings (SSSR count). The molecule has 1 aliphatic heterocycles. The molecule has 1 fully saturated rings. The fourth-order valence-corrected chi connectivity index (χ4v) is 1.99. The van der Waals surface area contributed by atoms with E-state index in [1.165, 1.54) is 0 Å². The molecule has 1 aromatic heterocycles. The zero-order chi connectivity index (χ0) is 10.3. The van der Waals surface area contributed by atoms with Crippen LogP contribution in [-0.4, -0.2) is 33.7 Å². The summed E-state index contributed by atoms with van der Waals surface area (Å²) in [4.78, 5) is 13.1. The van der Waals surface area contributed by atoms with Crippen molar-refractivity contribution in [3.05, 3.63) is 18.0 Å². The van der Waals surface area contributed by atoms with Crippen molar-refractivity contribution >= 4 is 5.91 Å². The van der Waals surface area contributed by atoms with Crippen molar-refractivity contribution < 1.29 is 4.79 Å². The maximum absolute atomic E-state index is 11.4. The highest BCUT2D eigenvalue weighted by Gasteiger charge is 2.37. The van der Waals surface area contributed by atoms with Crippen molar-refractivity contribution in [2.45, 2.75) is 18.5 Å². The zero-order valence-electron chi connectivity index (χ0n) is 8.34. The van der Waals surface area contributed by atoms with Gasteiger partial charge in [0.2, 0.25) is 5.91 Å². The fraction of sp³-hybridized carbons (Fsp3) is 0.556. The number of likely N-dealkylation sites (tertiary alicyclic amines) is 1. The number of likely N-dealkylation sites (N-methyl/N-ethyl adjacent to an activating group) is 1. The van der Waals surface area contributed by atoms with E-state index in [2.05, 4.69) is 5.10 Å². The minimum Gasteiger partial charge on any atom is -0.336 e. The van der Waals surface area contributed by atoms with Crippen molar-refractivity contribution in [3.63, 3.8) is 0 Å². The molecule has 2 atom stereocenters. The summed E-state index contributed by atoms with van der Waals surface area (Å²) >= 11 is 0. The summed E-state index contributed by atoms with van der Waals surface area (Å²) < 4.78 is 1.76. The lowest BCUT2D eigenvalue weighted by molar-refractivity contribution is -0.127. The molecule has 0 saturated carbocycles. The second-order valence-electron chi connectivity index (χ2n) is 3.70. The van der Waals surface area contributed by atoms with Crippen LogP contribution in [0.4, 0.5) is 0 Å². The number of aromatic nitrogens is 2. The molecule has 0 aliphatic carbocycles. The first-order valence-electron chi connectivity index (χ1n) is 4.60. The Hall–Kier alpha value is -1.36. The summed E-state index contributed by atoms with van der Waals surface area (Å²) in [6, 6.07) is 1.75. The highest BCUT2D eigenvalue weighted by atomic mass is 16.2. The summed E-state index contributed by atoms with van der Waals surface area (Å²) in [5, 5.41) is 4.08. The van der Waals surface area contributed by atoms with Crippen LogP contribution in [0.25, 0.3) is 0 Å². The van der Waals surface area contributed by atoms with Crippen LogP contribution in [0, 0.1) is 0 Å². The zero-order valence-corrected chi connectivity index (χ0v) is 8.34. The van der Waals surface area contributed by atoms with E-state index in [1.54, 1.807) is 22.8 Å². The van der Waals surface area contributed by atoms with E-state index in [-0.39, 0.29) is 18.0 Å². The Morgan fingerprint density at radius 3 is 2.71 bits per heavy atom. The minimum atomic E-state index is -0.122. The molecule has 1 amide bonds. The number of carbonyl (C=O) groups is 1. The second kappa shape index (κ2) is 3.09. The van der Waals surface area contributed by atoms with Crippen LogP contribution < -0.4 is 5.73 Å². The van der Waals surface area contributed by atoms with Gasteiger partial charge in [-0.1, -0.05) is 0 Å². The number of amides is 1. The molecule has 5 nitrogen and oxygen atoms in total. The van der Waals surface area contributed by atoms with Crippen molar-refractivity contribution in [2.75, 3.05) is 7.05 Å². The van der Waals surface area contributed by atoms with Gasteiger partial charge in [0.25, 0.3) is 0 Å². The van der Waals surface area contributed by atoms with E-state index in [1.807, 2.05) is 13.1 Å². The Labute approximate surface area is 82.5 Å². The molecule has 0 aromatic carbocycles. The van der Waals surface area contributed by atoms with Gasteiger partial charge in [-0.25, -0.2) is 0 Å². The van der Waals surface area contributed by atoms with Crippen LogP contribution in [0.3, 0.4) is 0 Å². The molecule has 1 saturated heterocycles. The molecule has 1 aliphatic rings. The number of aryl methyl sites for hydroxylation is 1. The number of nitrogens with zero attached hydrogens (tertiary/aromatic N) is 3. The number of hydrogen-bond donors (Lipinski definition) is 1. The normalized spacial score (nSPS) is 27.4. The summed E-state index contributed by atoms with van der Waals surface area (Å²) in [7, 11) is 3.64. The first-order valence-corrected chi connectivity index (χ1v) is 4.60. The summed E-state index contributed by atoms with van der Waals surface area (Å²) in [5.41, 5.74) is 6.91. The van der Waals surface area contributed by atoms with E-state index in [4.69, 9.17) is 5.73 Å². The van der Waals surface area contributed by atoms with Gasteiger partial charge < -0.3 is 10.6 Å². The van der Waals surface area contributed by atoms with Crippen LogP contribution in [0.2, 0.25) is 0 Å². The van der Waals surface area contributed by atoms with Crippen LogP contribution in [0.1, 0.15) is 18.2 Å². The summed E-state index contributed by atoms with van der Waals surface area (Å²) in [6.07, 6.45) is 2.14. The van der Waals surface area contributed by atoms with Gasteiger partial charge in [0.1, 0.15) is 0 Å². The molecular weight excluding hydrogens is 180 g/mol. The van der Waals surface area contributed by atoms with Crippen molar-refractivity contribution in [1.29, 1.82) is 0 Å². The van der Waals surface area contributed by atoms with Crippen molar-refractivity contribution in [3.8, 4) is 0 Å². The number of hydrogen-bond acceptors (Lipinski definition) is 3. The van der Waals surface area contributed by atoms with E-state index >= 15 is 0 Å². The van der Waals surface area contributed by atoms with Crippen molar-refractivity contribution in [2.24, 2.45) is 12.8 Å². The predicted molar refractivity (Wildman–Crippen MR) is 51.3 cm³/mol. The average molecular weight is 194 g/mol. The van der Waals surface area contributed by atoms with Gasteiger partial charge in [0.15, 0.2) is 0 Å². The molecule has 1 aromatic rings. The van der Waals surface area contributed by atoms with Gasteiger partial charge >= 0.3 is 0 Å². The maximum Gasteiger partial charge on any atom is 0.224 e. The Bertz CT molecular complexity index is 359. The molecule has 0 radical (unpaired) electrons. The number of nitrogens with two attached hydrogens (primary N) is 1. The SMILES string of the molecule is CN1C(=O)CC(N)C1c1ccnn1C. The first kappa shape index (κ1) is 9.21. The monoisotopic (exact) mass is 194 g/mol. The van der Waals surface area contributed by atoms with E-state index < -0.39 is 0 Å². The van der Waals surface area contributed by atoms with Crippen LogP contribution in [0.15, 0.2) is 12.3 Å². The van der Waals surface area contributed by atoms with Crippen LogP contribution in [-0.2, 0) is 11.8 Å². The van der Waals surface area contributed by atoms with E-state index in [0.717, 1.165) is 5.69 Å². The molecule has 2 unspecified atom stereocenters. The maximum atomic E-state index is 11.4. The molecule has 76 valence electrons. The molecule has 2 N–H and O–H groups in total. The van der Waals surface area contributed by atoms with Gasteiger partial charge in [-0.3, -0.25) is 9.48 Å². The lowest BCUT2D eigenvalue weighted by Crippen LogP contribution is -2.31. The van der Waals surface area contributed by atoms with Gasteiger partial charge in [0, 0.05) is 32.8 Å². The van der Waals surface area contributed by atoms with Crippen LogP contribution >= 0.6 is 0 Å². The van der Waals surface area contributed by atoms with Crippen molar-refractivity contribution in [1.82, 2.24) is 14.7 Å². The van der Waals surface area contributed by atoms with E-state index in [9.17, 15) is 4.79 Å². The third kappa shape index (κ3) is 1.21. The molecule has 5 heteroatoms. The van der Waals surface area contributed by atoms with Gasteiger partial charge in [-0.05, 0) is 6.07 Å². The lowest BCUT2D eigenvalue weighted by Gasteiger charge is -2.22. The predicted octanol–water partition coefficient (Wildman–Crippen LogP) is -0.349. The Morgan fingerprint density at radius 1 is 1.57 bits per heavy atom. The van der Waals surface area contributed by atoms with Gasteiger partial charge in [-0.15, -0.1) is 0 Å². The Kier molecular flexibility index (Phi) is 2.03. The molecular formula is C9H14N4O. The average Bonchev–Trinajstić information content (AvgIpc) is 2.60. The van der Waals surface area contributed by atoms with E-state index in [0.29, 0.717) is 6.42 Å². The summed E-state index contributed by atoms with van der Waals surface area (Å²) in [6.45, 7) is 0. The smallest absolute Gasteiger partial charge is 0.224 e.